The summed E-state index contributed by atoms with van der Waals surface area (Å²) in [5.74, 6) is -2.23. The van der Waals surface area contributed by atoms with E-state index in [1.54, 1.807) is 0 Å². The zero-order chi connectivity index (χ0) is 13.3. The number of halogens is 3. The van der Waals surface area contributed by atoms with Crippen LogP contribution < -0.4 is 0 Å². The summed E-state index contributed by atoms with van der Waals surface area (Å²) >= 11 is 2.99. The normalized spacial score (nSPS) is 17.0. The van der Waals surface area contributed by atoms with Crippen molar-refractivity contribution in [2.45, 2.75) is 0 Å². The molecule has 1 aliphatic heterocycles. The fourth-order valence-electron chi connectivity index (χ4n) is 1.91. The quantitative estimate of drug-likeness (QED) is 0.792. The Labute approximate surface area is 112 Å². The van der Waals surface area contributed by atoms with Crippen molar-refractivity contribution in [2.75, 3.05) is 33.2 Å². The summed E-state index contributed by atoms with van der Waals surface area (Å²) in [6, 6.07) is 2.21. The molecule has 98 valence electrons. The van der Waals surface area contributed by atoms with Gasteiger partial charge in [0.25, 0.3) is 5.91 Å². The van der Waals surface area contributed by atoms with E-state index in [9.17, 15) is 13.6 Å². The van der Waals surface area contributed by atoms with Gasteiger partial charge in [-0.2, -0.15) is 0 Å². The number of hydrogen-bond acceptors (Lipinski definition) is 2. The molecule has 1 saturated heterocycles. The molecular weight excluding hydrogens is 306 g/mol. The molecule has 0 atom stereocenters. The number of likely N-dealkylation sites (N-methyl/N-ethyl adjacent to an activating group) is 1. The summed E-state index contributed by atoms with van der Waals surface area (Å²) in [5.41, 5.74) is -0.470. The highest BCUT2D eigenvalue weighted by atomic mass is 79.9. The average Bonchev–Trinajstić information content (AvgIpc) is 2.28. The lowest BCUT2D eigenvalue weighted by Crippen LogP contribution is -2.47. The van der Waals surface area contributed by atoms with Crippen molar-refractivity contribution in [1.29, 1.82) is 0 Å². The zero-order valence-corrected chi connectivity index (χ0v) is 11.5. The van der Waals surface area contributed by atoms with Gasteiger partial charge in [0.05, 0.1) is 0 Å². The molecule has 0 N–H and O–H groups in total. The van der Waals surface area contributed by atoms with Crippen molar-refractivity contribution in [3.05, 3.63) is 33.8 Å². The Morgan fingerprint density at radius 2 is 1.67 bits per heavy atom. The van der Waals surface area contributed by atoms with Crippen LogP contribution in [0.25, 0.3) is 0 Å². The standard InChI is InChI=1S/C12H13BrF2N2O/c1-16-2-4-17(5-3-16)12(18)11-9(14)6-8(13)7-10(11)15/h6-7H,2-5H2,1H3. The van der Waals surface area contributed by atoms with Gasteiger partial charge in [0.1, 0.15) is 17.2 Å². The van der Waals surface area contributed by atoms with E-state index in [1.165, 1.54) is 4.90 Å². The topological polar surface area (TPSA) is 23.6 Å². The molecular formula is C12H13BrF2N2O. The lowest BCUT2D eigenvalue weighted by Gasteiger charge is -2.32. The number of hydrogen-bond donors (Lipinski definition) is 0. The first-order valence-electron chi connectivity index (χ1n) is 5.61. The van der Waals surface area contributed by atoms with Gasteiger partial charge in [-0.25, -0.2) is 8.78 Å². The first kappa shape index (κ1) is 13.4. The first-order valence-corrected chi connectivity index (χ1v) is 6.40. The second kappa shape index (κ2) is 5.32. The average molecular weight is 319 g/mol. The highest BCUT2D eigenvalue weighted by molar-refractivity contribution is 9.10. The number of amides is 1. The second-order valence-corrected chi connectivity index (χ2v) is 5.26. The Kier molecular flexibility index (Phi) is 3.97. The summed E-state index contributed by atoms with van der Waals surface area (Å²) in [6.45, 7) is 2.41. The lowest BCUT2D eigenvalue weighted by atomic mass is 10.1. The van der Waals surface area contributed by atoms with Crippen LogP contribution in [-0.4, -0.2) is 48.9 Å². The predicted molar refractivity (Wildman–Crippen MR) is 67.5 cm³/mol. The molecule has 0 aromatic heterocycles. The molecule has 6 heteroatoms. The number of carbonyl (C=O) groups excluding carboxylic acids is 1. The van der Waals surface area contributed by atoms with E-state index in [-0.39, 0.29) is 4.47 Å². The van der Waals surface area contributed by atoms with Crippen molar-refractivity contribution in [1.82, 2.24) is 9.80 Å². The summed E-state index contributed by atoms with van der Waals surface area (Å²) in [7, 11) is 1.95. The minimum Gasteiger partial charge on any atom is -0.336 e. The van der Waals surface area contributed by atoms with Gasteiger partial charge in [0, 0.05) is 30.7 Å². The molecule has 0 unspecified atom stereocenters. The Balaban J connectivity index is 2.24. The van der Waals surface area contributed by atoms with Crippen molar-refractivity contribution in [3.8, 4) is 0 Å². The minimum atomic E-state index is -0.828. The van der Waals surface area contributed by atoms with Crippen LogP contribution >= 0.6 is 15.9 Å². The predicted octanol–water partition coefficient (Wildman–Crippen LogP) is 2.11. The van der Waals surface area contributed by atoms with Crippen LogP contribution in [0.5, 0.6) is 0 Å². The molecule has 0 saturated carbocycles. The molecule has 2 rings (SSSR count). The Hall–Kier alpha value is -1.01. The van der Waals surface area contributed by atoms with E-state index >= 15 is 0 Å². The van der Waals surface area contributed by atoms with E-state index in [0.29, 0.717) is 26.2 Å². The first-order chi connectivity index (χ1) is 8.49. The molecule has 3 nitrogen and oxygen atoms in total. The van der Waals surface area contributed by atoms with Gasteiger partial charge in [-0.15, -0.1) is 0 Å². The molecule has 1 heterocycles. The maximum absolute atomic E-state index is 13.7. The van der Waals surface area contributed by atoms with Crippen LogP contribution in [0.2, 0.25) is 0 Å². The highest BCUT2D eigenvalue weighted by Gasteiger charge is 2.25. The van der Waals surface area contributed by atoms with Gasteiger partial charge in [0.2, 0.25) is 0 Å². The molecule has 0 bridgehead atoms. The van der Waals surface area contributed by atoms with E-state index in [2.05, 4.69) is 20.8 Å². The van der Waals surface area contributed by atoms with Gasteiger partial charge < -0.3 is 9.80 Å². The maximum atomic E-state index is 13.7. The van der Waals surface area contributed by atoms with Gasteiger partial charge in [-0.05, 0) is 19.2 Å². The fraction of sp³-hybridized carbons (Fsp3) is 0.417. The Morgan fingerprint density at radius 1 is 1.17 bits per heavy atom. The summed E-state index contributed by atoms with van der Waals surface area (Å²) < 4.78 is 27.6. The Morgan fingerprint density at radius 3 is 2.17 bits per heavy atom. The highest BCUT2D eigenvalue weighted by Crippen LogP contribution is 2.21. The summed E-state index contributed by atoms with van der Waals surface area (Å²) in [4.78, 5) is 15.6. The van der Waals surface area contributed by atoms with Crippen LogP contribution in [-0.2, 0) is 0 Å². The maximum Gasteiger partial charge on any atom is 0.259 e. The molecule has 0 radical (unpaired) electrons. The Bertz CT molecular complexity index is 450. The third kappa shape index (κ3) is 2.70. The second-order valence-electron chi connectivity index (χ2n) is 4.34. The van der Waals surface area contributed by atoms with Crippen LogP contribution in [0.15, 0.2) is 16.6 Å². The van der Waals surface area contributed by atoms with E-state index in [4.69, 9.17) is 0 Å². The van der Waals surface area contributed by atoms with Gasteiger partial charge >= 0.3 is 0 Å². The monoisotopic (exact) mass is 318 g/mol. The van der Waals surface area contributed by atoms with Gasteiger partial charge in [-0.1, -0.05) is 15.9 Å². The largest absolute Gasteiger partial charge is 0.336 e. The smallest absolute Gasteiger partial charge is 0.259 e. The lowest BCUT2D eigenvalue weighted by molar-refractivity contribution is 0.0654. The SMILES string of the molecule is CN1CCN(C(=O)c2c(F)cc(Br)cc2F)CC1. The molecule has 1 aliphatic rings. The van der Waals surface area contributed by atoms with Crippen molar-refractivity contribution < 1.29 is 13.6 Å². The van der Waals surface area contributed by atoms with Crippen LogP contribution in [0, 0.1) is 11.6 Å². The number of benzene rings is 1. The molecule has 1 fully saturated rings. The molecule has 1 aromatic carbocycles. The molecule has 0 aliphatic carbocycles. The molecule has 1 amide bonds. The number of nitrogens with zero attached hydrogens (tertiary/aromatic N) is 2. The zero-order valence-electron chi connectivity index (χ0n) is 9.92. The van der Waals surface area contributed by atoms with E-state index in [1.807, 2.05) is 7.05 Å². The number of rotatable bonds is 1. The third-order valence-electron chi connectivity index (χ3n) is 3.01. The van der Waals surface area contributed by atoms with E-state index in [0.717, 1.165) is 12.1 Å². The van der Waals surface area contributed by atoms with Crippen molar-refractivity contribution >= 4 is 21.8 Å². The number of carbonyl (C=O) groups is 1. The fourth-order valence-corrected chi connectivity index (χ4v) is 2.32. The van der Waals surface area contributed by atoms with Crippen molar-refractivity contribution in [3.63, 3.8) is 0 Å². The minimum absolute atomic E-state index is 0.285. The van der Waals surface area contributed by atoms with E-state index < -0.39 is 23.1 Å². The van der Waals surface area contributed by atoms with Gasteiger partial charge in [-0.3, -0.25) is 4.79 Å². The van der Waals surface area contributed by atoms with Crippen LogP contribution in [0.3, 0.4) is 0 Å². The summed E-state index contributed by atoms with van der Waals surface area (Å²) in [5, 5.41) is 0. The molecule has 1 aromatic rings. The number of piperazine rings is 1. The third-order valence-corrected chi connectivity index (χ3v) is 3.47. The molecule has 0 spiro atoms. The molecule has 18 heavy (non-hydrogen) atoms. The summed E-state index contributed by atoms with van der Waals surface area (Å²) in [6.07, 6.45) is 0. The van der Waals surface area contributed by atoms with Crippen LogP contribution in [0.1, 0.15) is 10.4 Å². The van der Waals surface area contributed by atoms with Crippen molar-refractivity contribution in [2.24, 2.45) is 0 Å². The van der Waals surface area contributed by atoms with Crippen LogP contribution in [0.4, 0.5) is 8.78 Å². The van der Waals surface area contributed by atoms with Gasteiger partial charge in [0.15, 0.2) is 0 Å².